The summed E-state index contributed by atoms with van der Waals surface area (Å²) in [5, 5.41) is 0. The van der Waals surface area contributed by atoms with Crippen molar-refractivity contribution in [2.45, 2.75) is 45.4 Å². The number of ketones is 1. The molecule has 116 valence electrons. The van der Waals surface area contributed by atoms with Gasteiger partial charge in [0.05, 0.1) is 5.75 Å². The number of unbranched alkanes of at least 4 members (excludes halogenated alkanes) is 2. The van der Waals surface area contributed by atoms with Crippen LogP contribution >= 0.6 is 0 Å². The predicted molar refractivity (Wildman–Crippen MR) is 75.8 cm³/mol. The van der Waals surface area contributed by atoms with Crippen LogP contribution in [0.5, 0.6) is 0 Å². The summed E-state index contributed by atoms with van der Waals surface area (Å²) < 4.78 is 25.7. The fraction of sp³-hybridized carbons (Fsp3) is 0.769. The molecule has 0 radical (unpaired) electrons. The minimum absolute atomic E-state index is 0.0250. The van der Waals surface area contributed by atoms with Crippen molar-refractivity contribution in [3.05, 3.63) is 0 Å². The van der Waals surface area contributed by atoms with Gasteiger partial charge < -0.3 is 9.59 Å². The minimum atomic E-state index is -3.41. The van der Waals surface area contributed by atoms with Crippen LogP contribution in [0, 0.1) is 5.92 Å². The number of carbonyl (C=O) groups excluding carboxylic acids is 3. The molecule has 0 saturated carbocycles. The second-order valence-electron chi connectivity index (χ2n) is 4.65. The predicted octanol–water partition coefficient (Wildman–Crippen LogP) is 0.849. The van der Waals surface area contributed by atoms with Gasteiger partial charge in [0.1, 0.15) is 18.4 Å². The number of rotatable bonds is 13. The van der Waals surface area contributed by atoms with Gasteiger partial charge >= 0.3 is 0 Å². The van der Waals surface area contributed by atoms with Crippen molar-refractivity contribution in [3.8, 4) is 0 Å². The standard InChI is InChI=1S/C13H23NO5S/c1-2-3-4-10-20(18,19)14-11-12(7-9-16)13(17)6-5-8-15/h8-9,12,14H,2-7,10-11H2,1H3. The molecule has 6 nitrogen and oxygen atoms in total. The maximum Gasteiger partial charge on any atom is 0.211 e. The van der Waals surface area contributed by atoms with Crippen molar-refractivity contribution >= 4 is 28.4 Å². The Labute approximate surface area is 120 Å². The number of carbonyl (C=O) groups is 3. The smallest absolute Gasteiger partial charge is 0.211 e. The molecule has 0 amide bonds. The third-order valence-corrected chi connectivity index (χ3v) is 4.34. The largest absolute Gasteiger partial charge is 0.303 e. The maximum absolute atomic E-state index is 11.7. The molecule has 0 fully saturated rings. The second kappa shape index (κ2) is 10.7. The Hall–Kier alpha value is -1.08. The highest BCUT2D eigenvalue weighted by Gasteiger charge is 2.20. The van der Waals surface area contributed by atoms with E-state index < -0.39 is 15.9 Å². The number of sulfonamides is 1. The van der Waals surface area contributed by atoms with Gasteiger partial charge in [0, 0.05) is 31.7 Å². The molecule has 0 aliphatic carbocycles. The number of aldehydes is 2. The molecule has 1 N–H and O–H groups in total. The fourth-order valence-corrected chi connectivity index (χ4v) is 2.88. The zero-order valence-corrected chi connectivity index (χ0v) is 12.7. The van der Waals surface area contributed by atoms with E-state index in [1.165, 1.54) is 0 Å². The Morgan fingerprint density at radius 1 is 1.20 bits per heavy atom. The molecule has 0 aliphatic heterocycles. The van der Waals surface area contributed by atoms with Crippen LogP contribution in [0.1, 0.15) is 45.4 Å². The summed E-state index contributed by atoms with van der Waals surface area (Å²) in [7, 11) is -3.41. The summed E-state index contributed by atoms with van der Waals surface area (Å²) in [5.74, 6) is -0.925. The van der Waals surface area contributed by atoms with E-state index in [9.17, 15) is 22.8 Å². The minimum Gasteiger partial charge on any atom is -0.303 e. The van der Waals surface area contributed by atoms with E-state index in [2.05, 4.69) is 4.72 Å². The molecule has 7 heteroatoms. The number of hydrogen-bond donors (Lipinski definition) is 1. The van der Waals surface area contributed by atoms with Gasteiger partial charge in [0.15, 0.2) is 0 Å². The molecule has 0 heterocycles. The Morgan fingerprint density at radius 3 is 2.45 bits per heavy atom. The first-order valence-electron chi connectivity index (χ1n) is 6.84. The lowest BCUT2D eigenvalue weighted by atomic mass is 9.98. The van der Waals surface area contributed by atoms with Gasteiger partial charge in [0.25, 0.3) is 0 Å². The maximum atomic E-state index is 11.7. The summed E-state index contributed by atoms with van der Waals surface area (Å²) in [4.78, 5) is 32.5. The molecule has 0 aromatic rings. The lowest BCUT2D eigenvalue weighted by molar-refractivity contribution is -0.125. The normalized spacial score (nSPS) is 12.8. The van der Waals surface area contributed by atoms with Crippen molar-refractivity contribution < 1.29 is 22.8 Å². The Bertz CT molecular complexity index is 405. The highest BCUT2D eigenvalue weighted by atomic mass is 32.2. The Balaban J connectivity index is 4.34. The first-order chi connectivity index (χ1) is 9.46. The third-order valence-electron chi connectivity index (χ3n) is 2.91. The Morgan fingerprint density at radius 2 is 1.90 bits per heavy atom. The third kappa shape index (κ3) is 8.92. The lowest BCUT2D eigenvalue weighted by Crippen LogP contribution is -2.34. The van der Waals surface area contributed by atoms with E-state index in [-0.39, 0.29) is 37.3 Å². The van der Waals surface area contributed by atoms with E-state index in [1.807, 2.05) is 6.92 Å². The van der Waals surface area contributed by atoms with Gasteiger partial charge in [-0.2, -0.15) is 0 Å². The van der Waals surface area contributed by atoms with Crippen LogP contribution in [-0.4, -0.2) is 39.1 Å². The zero-order chi connectivity index (χ0) is 15.4. The van der Waals surface area contributed by atoms with Crippen molar-refractivity contribution in [2.24, 2.45) is 5.92 Å². The van der Waals surface area contributed by atoms with E-state index in [0.29, 0.717) is 19.0 Å². The second-order valence-corrected chi connectivity index (χ2v) is 6.57. The van der Waals surface area contributed by atoms with E-state index in [4.69, 9.17) is 0 Å². The van der Waals surface area contributed by atoms with Crippen molar-refractivity contribution in [1.82, 2.24) is 4.72 Å². The van der Waals surface area contributed by atoms with E-state index >= 15 is 0 Å². The highest BCUT2D eigenvalue weighted by molar-refractivity contribution is 7.89. The molecule has 1 unspecified atom stereocenters. The quantitative estimate of drug-likeness (QED) is 0.402. The number of Topliss-reactive ketones (excluding diaryl/α,β-unsaturated/α-hetero) is 1. The molecule has 0 saturated heterocycles. The SMILES string of the molecule is CCCCCS(=O)(=O)NCC(CC=O)C(=O)CCC=O. The van der Waals surface area contributed by atoms with E-state index in [1.54, 1.807) is 0 Å². The average Bonchev–Trinajstić information content (AvgIpc) is 2.41. The lowest BCUT2D eigenvalue weighted by Gasteiger charge is -2.13. The van der Waals surface area contributed by atoms with Gasteiger partial charge in [-0.15, -0.1) is 0 Å². The zero-order valence-electron chi connectivity index (χ0n) is 11.8. The monoisotopic (exact) mass is 305 g/mol. The highest BCUT2D eigenvalue weighted by Crippen LogP contribution is 2.07. The summed E-state index contributed by atoms with van der Waals surface area (Å²) in [6, 6.07) is 0. The van der Waals surface area contributed by atoms with Crippen molar-refractivity contribution in [1.29, 1.82) is 0 Å². The van der Waals surface area contributed by atoms with Crippen molar-refractivity contribution in [2.75, 3.05) is 12.3 Å². The van der Waals surface area contributed by atoms with Gasteiger partial charge in [-0.05, 0) is 6.42 Å². The van der Waals surface area contributed by atoms with Gasteiger partial charge in [-0.25, -0.2) is 13.1 Å². The van der Waals surface area contributed by atoms with E-state index in [0.717, 1.165) is 12.8 Å². The molecular formula is C13H23NO5S. The van der Waals surface area contributed by atoms with Crippen LogP contribution in [0.3, 0.4) is 0 Å². The first kappa shape index (κ1) is 18.9. The van der Waals surface area contributed by atoms with Crippen LogP contribution in [-0.2, 0) is 24.4 Å². The van der Waals surface area contributed by atoms with Crippen molar-refractivity contribution in [3.63, 3.8) is 0 Å². The van der Waals surface area contributed by atoms with Crippen LogP contribution in [0.4, 0.5) is 0 Å². The average molecular weight is 305 g/mol. The molecule has 0 spiro atoms. The van der Waals surface area contributed by atoms with Gasteiger partial charge in [-0.3, -0.25) is 4.79 Å². The summed E-state index contributed by atoms with van der Waals surface area (Å²) in [6.45, 7) is 1.90. The molecule has 0 aliphatic rings. The fourth-order valence-electron chi connectivity index (χ4n) is 1.69. The number of hydrogen-bond acceptors (Lipinski definition) is 5. The first-order valence-corrected chi connectivity index (χ1v) is 8.49. The number of nitrogens with one attached hydrogen (secondary N) is 1. The van der Waals surface area contributed by atoms with Crippen LogP contribution in [0.25, 0.3) is 0 Å². The van der Waals surface area contributed by atoms with Crippen LogP contribution < -0.4 is 4.72 Å². The molecular weight excluding hydrogens is 282 g/mol. The van der Waals surface area contributed by atoms with Gasteiger partial charge in [-0.1, -0.05) is 19.8 Å². The van der Waals surface area contributed by atoms with Crippen LogP contribution in [0.15, 0.2) is 0 Å². The molecule has 20 heavy (non-hydrogen) atoms. The Kier molecular flexibility index (Phi) is 10.1. The molecule has 1 atom stereocenters. The van der Waals surface area contributed by atoms with Gasteiger partial charge in [0.2, 0.25) is 10.0 Å². The molecule has 0 aromatic carbocycles. The summed E-state index contributed by atoms with van der Waals surface area (Å²) >= 11 is 0. The topological polar surface area (TPSA) is 97.4 Å². The summed E-state index contributed by atoms with van der Waals surface area (Å²) in [5.41, 5.74) is 0. The molecule has 0 aromatic heterocycles. The van der Waals surface area contributed by atoms with Crippen LogP contribution in [0.2, 0.25) is 0 Å². The summed E-state index contributed by atoms with van der Waals surface area (Å²) in [6.07, 6.45) is 3.65. The molecule has 0 rings (SSSR count). The molecule has 0 bridgehead atoms.